The number of nitrogens with one attached hydrogen (secondary N) is 1. The lowest BCUT2D eigenvalue weighted by Crippen LogP contribution is -2.03. The van der Waals surface area contributed by atoms with Crippen molar-refractivity contribution in [3.8, 4) is 0 Å². The van der Waals surface area contributed by atoms with Crippen molar-refractivity contribution in [2.45, 2.75) is 6.54 Å². The average Bonchev–Trinajstić information content (AvgIpc) is 2.28. The molecule has 0 unspecified atom stereocenters. The second kappa shape index (κ2) is 4.45. The van der Waals surface area contributed by atoms with Crippen molar-refractivity contribution in [2.75, 3.05) is 5.32 Å². The number of hydrogen-bond donors (Lipinski definition) is 1. The van der Waals surface area contributed by atoms with Gasteiger partial charge >= 0.3 is 0 Å². The third kappa shape index (κ3) is 2.70. The van der Waals surface area contributed by atoms with E-state index in [0.29, 0.717) is 12.4 Å². The highest BCUT2D eigenvalue weighted by molar-refractivity contribution is 5.32. The summed E-state index contributed by atoms with van der Waals surface area (Å²) in [4.78, 5) is 11.3. The van der Waals surface area contributed by atoms with Gasteiger partial charge in [0.25, 0.3) is 0 Å². The van der Waals surface area contributed by atoms with Gasteiger partial charge < -0.3 is 5.32 Å². The molecule has 0 radical (unpaired) electrons. The second-order valence-corrected chi connectivity index (χ2v) is 2.90. The van der Waals surface area contributed by atoms with E-state index in [1.54, 1.807) is 6.20 Å². The smallest absolute Gasteiger partial charge is 0.217 e. The van der Waals surface area contributed by atoms with Gasteiger partial charge in [0.2, 0.25) is 5.95 Å². The van der Waals surface area contributed by atoms with Crippen LogP contribution in [0.1, 0.15) is 5.69 Å². The molecule has 76 valence electrons. The summed E-state index contributed by atoms with van der Waals surface area (Å²) in [5.74, 6) is -0.0957. The van der Waals surface area contributed by atoms with E-state index in [0.717, 1.165) is 5.69 Å². The lowest BCUT2D eigenvalue weighted by Gasteiger charge is -2.03. The van der Waals surface area contributed by atoms with Crippen molar-refractivity contribution in [1.82, 2.24) is 15.0 Å². The van der Waals surface area contributed by atoms with Crippen molar-refractivity contribution in [2.24, 2.45) is 0 Å². The minimum atomic E-state index is -0.548. The van der Waals surface area contributed by atoms with E-state index in [4.69, 9.17) is 0 Å². The van der Waals surface area contributed by atoms with Gasteiger partial charge in [0, 0.05) is 12.3 Å². The molecule has 0 aliphatic rings. The van der Waals surface area contributed by atoms with Crippen LogP contribution < -0.4 is 5.32 Å². The van der Waals surface area contributed by atoms with E-state index in [1.807, 2.05) is 18.2 Å². The zero-order valence-corrected chi connectivity index (χ0v) is 7.89. The van der Waals surface area contributed by atoms with Gasteiger partial charge in [-0.05, 0) is 12.1 Å². The fourth-order valence-electron chi connectivity index (χ4n) is 1.11. The van der Waals surface area contributed by atoms with E-state index in [1.165, 1.54) is 12.4 Å². The first-order chi connectivity index (χ1) is 7.34. The molecule has 0 saturated heterocycles. The molecule has 0 bridgehead atoms. The summed E-state index contributed by atoms with van der Waals surface area (Å²) in [6, 6.07) is 6.85. The predicted molar refractivity (Wildman–Crippen MR) is 53.6 cm³/mol. The van der Waals surface area contributed by atoms with Gasteiger partial charge in [0.15, 0.2) is 0 Å². The highest BCUT2D eigenvalue weighted by Crippen LogP contribution is 2.04. The Kier molecular flexibility index (Phi) is 2.82. The number of rotatable bonds is 3. The maximum absolute atomic E-state index is 12.7. The molecule has 0 saturated carbocycles. The molecule has 1 N–H and O–H groups in total. The Labute approximate surface area is 86.2 Å². The summed E-state index contributed by atoms with van der Waals surface area (Å²) in [5, 5.41) is 2.95. The molecule has 2 heterocycles. The largest absolute Gasteiger partial charge is 0.364 e. The second-order valence-electron chi connectivity index (χ2n) is 2.90. The number of hydrogen-bond acceptors (Lipinski definition) is 4. The first-order valence-corrected chi connectivity index (χ1v) is 4.46. The third-order valence-corrected chi connectivity index (χ3v) is 1.81. The summed E-state index contributed by atoms with van der Waals surface area (Å²) in [6.45, 7) is 0.511. The minimum absolute atomic E-state index is 0.452. The first kappa shape index (κ1) is 9.51. The predicted octanol–water partition coefficient (Wildman–Crippen LogP) is 1.62. The minimum Gasteiger partial charge on any atom is -0.364 e. The fraction of sp³-hybridized carbons (Fsp3) is 0.100. The molecule has 5 heteroatoms. The van der Waals surface area contributed by atoms with Crippen LogP contribution >= 0.6 is 0 Å². The van der Waals surface area contributed by atoms with Crippen LogP contribution in [-0.2, 0) is 6.54 Å². The Morgan fingerprint density at radius 2 is 2.13 bits per heavy atom. The molecule has 4 nitrogen and oxygen atoms in total. The number of nitrogens with zero attached hydrogens (tertiary/aromatic N) is 3. The highest BCUT2D eigenvalue weighted by atomic mass is 19.1. The van der Waals surface area contributed by atoms with Crippen LogP contribution in [0.5, 0.6) is 0 Å². The van der Waals surface area contributed by atoms with Gasteiger partial charge in [-0.15, -0.1) is 0 Å². The molecule has 2 rings (SSSR count). The quantitative estimate of drug-likeness (QED) is 0.772. The summed E-state index contributed by atoms with van der Waals surface area (Å²) in [7, 11) is 0. The van der Waals surface area contributed by atoms with Gasteiger partial charge in [-0.25, -0.2) is 9.97 Å². The summed E-state index contributed by atoms with van der Waals surface area (Å²) >= 11 is 0. The van der Waals surface area contributed by atoms with Crippen molar-refractivity contribution < 1.29 is 4.39 Å². The Hall–Kier alpha value is -2.04. The third-order valence-electron chi connectivity index (χ3n) is 1.81. The highest BCUT2D eigenvalue weighted by Gasteiger charge is 1.97. The number of halogens is 1. The van der Waals surface area contributed by atoms with Crippen LogP contribution in [0.3, 0.4) is 0 Å². The normalized spacial score (nSPS) is 9.93. The Morgan fingerprint density at radius 1 is 1.20 bits per heavy atom. The van der Waals surface area contributed by atoms with E-state index in [2.05, 4.69) is 20.3 Å². The monoisotopic (exact) mass is 204 g/mol. The molecule has 0 atom stereocenters. The van der Waals surface area contributed by atoms with Crippen LogP contribution in [0.2, 0.25) is 0 Å². The summed E-state index contributed by atoms with van der Waals surface area (Å²) in [5.41, 5.74) is 0.872. The van der Waals surface area contributed by atoms with Gasteiger partial charge in [-0.3, -0.25) is 4.98 Å². The fourth-order valence-corrected chi connectivity index (χ4v) is 1.11. The molecule has 0 aliphatic heterocycles. The molecular weight excluding hydrogens is 195 g/mol. The molecule has 0 aromatic carbocycles. The summed E-state index contributed by atoms with van der Waals surface area (Å²) < 4.78 is 12.7. The molecule has 2 aromatic rings. The SMILES string of the molecule is Fc1cc(NCc2ccccn2)ncn1. The molecule has 15 heavy (non-hydrogen) atoms. The zero-order chi connectivity index (χ0) is 10.5. The van der Waals surface area contributed by atoms with Gasteiger partial charge in [0.1, 0.15) is 12.1 Å². The molecule has 0 fully saturated rings. The van der Waals surface area contributed by atoms with E-state index in [9.17, 15) is 4.39 Å². The zero-order valence-electron chi connectivity index (χ0n) is 7.89. The van der Waals surface area contributed by atoms with E-state index < -0.39 is 5.95 Å². The molecule has 2 aromatic heterocycles. The lowest BCUT2D eigenvalue weighted by molar-refractivity contribution is 0.580. The van der Waals surface area contributed by atoms with Crippen LogP contribution in [0.4, 0.5) is 10.2 Å². The van der Waals surface area contributed by atoms with Crippen LogP contribution in [0.15, 0.2) is 36.8 Å². The number of aromatic nitrogens is 3. The van der Waals surface area contributed by atoms with Crippen molar-refractivity contribution in [3.05, 3.63) is 48.4 Å². The number of pyridine rings is 1. The first-order valence-electron chi connectivity index (χ1n) is 4.46. The Balaban J connectivity index is 1.99. The molecular formula is C10H9FN4. The maximum Gasteiger partial charge on any atom is 0.217 e. The Bertz CT molecular complexity index is 432. The van der Waals surface area contributed by atoms with Crippen LogP contribution in [-0.4, -0.2) is 15.0 Å². The van der Waals surface area contributed by atoms with Crippen LogP contribution in [0.25, 0.3) is 0 Å². The van der Waals surface area contributed by atoms with Crippen molar-refractivity contribution in [1.29, 1.82) is 0 Å². The lowest BCUT2D eigenvalue weighted by atomic mass is 10.3. The van der Waals surface area contributed by atoms with E-state index in [-0.39, 0.29) is 0 Å². The molecule has 0 spiro atoms. The molecule has 0 amide bonds. The van der Waals surface area contributed by atoms with Crippen molar-refractivity contribution in [3.63, 3.8) is 0 Å². The van der Waals surface area contributed by atoms with Crippen LogP contribution in [0, 0.1) is 5.95 Å². The number of anilines is 1. The molecule has 0 aliphatic carbocycles. The average molecular weight is 204 g/mol. The summed E-state index contributed by atoms with van der Waals surface area (Å²) in [6.07, 6.45) is 2.88. The maximum atomic E-state index is 12.7. The topological polar surface area (TPSA) is 50.7 Å². The van der Waals surface area contributed by atoms with E-state index >= 15 is 0 Å². The standard InChI is InChI=1S/C10H9FN4/c11-9-5-10(15-7-14-9)13-6-8-3-1-2-4-12-8/h1-5,7H,6H2,(H,13,14,15). The Morgan fingerprint density at radius 3 is 2.87 bits per heavy atom. The van der Waals surface area contributed by atoms with Crippen molar-refractivity contribution >= 4 is 5.82 Å². The van der Waals surface area contributed by atoms with Gasteiger partial charge in [0.05, 0.1) is 12.2 Å². The van der Waals surface area contributed by atoms with Gasteiger partial charge in [-0.2, -0.15) is 4.39 Å². The van der Waals surface area contributed by atoms with Gasteiger partial charge in [-0.1, -0.05) is 6.07 Å².